The quantitative estimate of drug-likeness (QED) is 0.757. The van der Waals surface area contributed by atoms with Crippen LogP contribution in [0.2, 0.25) is 0 Å². The number of carbonyl (C=O) groups is 1. The average Bonchev–Trinajstić information content (AvgIpc) is 2.66. The molecule has 2 aromatic rings. The van der Waals surface area contributed by atoms with E-state index in [1.807, 2.05) is 17.9 Å². The number of benzene rings is 2. The molecular formula is C24H31NO2. The highest BCUT2D eigenvalue weighted by molar-refractivity contribution is 5.81. The Bertz CT molecular complexity index is 776. The number of rotatable bonds is 5. The fourth-order valence-electron chi connectivity index (χ4n) is 3.93. The summed E-state index contributed by atoms with van der Waals surface area (Å²) in [6, 6.07) is 14.8. The summed E-state index contributed by atoms with van der Waals surface area (Å²) < 4.78 is 6.05. The molecule has 0 aliphatic carbocycles. The molecule has 1 saturated heterocycles. The Labute approximate surface area is 163 Å². The second-order valence-electron chi connectivity index (χ2n) is 7.92. The van der Waals surface area contributed by atoms with Crippen LogP contribution in [-0.2, 0) is 11.2 Å². The van der Waals surface area contributed by atoms with Gasteiger partial charge in [-0.15, -0.1) is 0 Å². The third kappa shape index (κ3) is 4.91. The summed E-state index contributed by atoms with van der Waals surface area (Å²) in [4.78, 5) is 14.8. The molecule has 0 spiro atoms. The van der Waals surface area contributed by atoms with E-state index in [0.717, 1.165) is 49.2 Å². The molecule has 2 aromatic carbocycles. The zero-order chi connectivity index (χ0) is 19.4. The molecule has 0 unspecified atom stereocenters. The van der Waals surface area contributed by atoms with Crippen LogP contribution in [0.3, 0.4) is 0 Å². The van der Waals surface area contributed by atoms with Crippen molar-refractivity contribution in [3.8, 4) is 5.75 Å². The molecule has 1 atom stereocenters. The van der Waals surface area contributed by atoms with Gasteiger partial charge in [-0.1, -0.05) is 36.4 Å². The van der Waals surface area contributed by atoms with Gasteiger partial charge in [-0.05, 0) is 81.2 Å². The van der Waals surface area contributed by atoms with Crippen molar-refractivity contribution in [1.82, 2.24) is 4.90 Å². The van der Waals surface area contributed by atoms with Gasteiger partial charge >= 0.3 is 0 Å². The number of carbonyl (C=O) groups excluding carboxylic acids is 1. The summed E-state index contributed by atoms with van der Waals surface area (Å²) in [6.45, 7) is 9.72. The molecule has 0 bridgehead atoms. The molecular weight excluding hydrogens is 334 g/mol. The molecule has 1 aliphatic heterocycles. The maximum Gasteiger partial charge on any atom is 0.263 e. The topological polar surface area (TPSA) is 29.5 Å². The molecule has 0 N–H and O–H groups in total. The molecule has 3 rings (SSSR count). The van der Waals surface area contributed by atoms with Gasteiger partial charge in [-0.2, -0.15) is 0 Å². The lowest BCUT2D eigenvalue weighted by Crippen LogP contribution is -2.45. The van der Waals surface area contributed by atoms with Crippen LogP contribution >= 0.6 is 0 Å². The molecule has 3 heteroatoms. The zero-order valence-corrected chi connectivity index (χ0v) is 17.0. The number of likely N-dealkylation sites (tertiary alicyclic amines) is 1. The number of hydrogen-bond acceptors (Lipinski definition) is 2. The van der Waals surface area contributed by atoms with Gasteiger partial charge in [0.25, 0.3) is 5.91 Å². The molecule has 1 amide bonds. The van der Waals surface area contributed by atoms with Crippen molar-refractivity contribution in [2.45, 2.75) is 53.1 Å². The van der Waals surface area contributed by atoms with E-state index < -0.39 is 6.10 Å². The largest absolute Gasteiger partial charge is 0.481 e. The van der Waals surface area contributed by atoms with Crippen LogP contribution in [0.15, 0.2) is 42.5 Å². The molecule has 0 radical (unpaired) electrons. The first-order valence-electron chi connectivity index (χ1n) is 10.0. The standard InChI is InChI=1S/C24H31NO2/c1-17-14-18(2)19(3)23(15-17)27-20(4)24(26)25-12-10-22(11-13-25)16-21-8-6-5-7-9-21/h5-9,14-15,20,22H,10-13,16H2,1-4H3/t20-/m0/s1. The highest BCUT2D eigenvalue weighted by Gasteiger charge is 2.27. The lowest BCUT2D eigenvalue weighted by molar-refractivity contribution is -0.139. The summed E-state index contributed by atoms with van der Waals surface area (Å²) in [6.07, 6.45) is 2.79. The van der Waals surface area contributed by atoms with Gasteiger partial charge in [-0.3, -0.25) is 4.79 Å². The second kappa shape index (κ2) is 8.60. The Hall–Kier alpha value is -2.29. The summed E-state index contributed by atoms with van der Waals surface area (Å²) in [7, 11) is 0. The molecule has 3 nitrogen and oxygen atoms in total. The first-order valence-corrected chi connectivity index (χ1v) is 10.0. The molecule has 1 heterocycles. The highest BCUT2D eigenvalue weighted by atomic mass is 16.5. The lowest BCUT2D eigenvalue weighted by atomic mass is 9.90. The van der Waals surface area contributed by atoms with Crippen molar-refractivity contribution in [3.63, 3.8) is 0 Å². The Morgan fingerprint density at radius 3 is 2.44 bits per heavy atom. The van der Waals surface area contributed by atoms with E-state index in [2.05, 4.69) is 57.2 Å². The van der Waals surface area contributed by atoms with Crippen LogP contribution in [0, 0.1) is 26.7 Å². The van der Waals surface area contributed by atoms with E-state index >= 15 is 0 Å². The van der Waals surface area contributed by atoms with Crippen molar-refractivity contribution in [2.24, 2.45) is 5.92 Å². The normalized spacial score (nSPS) is 16.2. The molecule has 0 aromatic heterocycles. The van der Waals surface area contributed by atoms with Crippen molar-refractivity contribution in [3.05, 3.63) is 64.7 Å². The molecule has 27 heavy (non-hydrogen) atoms. The maximum absolute atomic E-state index is 12.8. The minimum Gasteiger partial charge on any atom is -0.481 e. The van der Waals surface area contributed by atoms with Crippen molar-refractivity contribution < 1.29 is 9.53 Å². The molecule has 144 valence electrons. The van der Waals surface area contributed by atoms with Gasteiger partial charge in [0.05, 0.1) is 0 Å². The van der Waals surface area contributed by atoms with Crippen molar-refractivity contribution >= 4 is 5.91 Å². The lowest BCUT2D eigenvalue weighted by Gasteiger charge is -2.33. The van der Waals surface area contributed by atoms with E-state index in [0.29, 0.717) is 5.92 Å². The predicted octanol–water partition coefficient (Wildman–Crippen LogP) is 4.86. The van der Waals surface area contributed by atoms with Gasteiger partial charge in [0.1, 0.15) is 5.75 Å². The third-order valence-electron chi connectivity index (χ3n) is 5.71. The Morgan fingerprint density at radius 1 is 1.11 bits per heavy atom. The number of nitrogens with zero attached hydrogens (tertiary/aromatic N) is 1. The van der Waals surface area contributed by atoms with Crippen LogP contribution in [-0.4, -0.2) is 30.0 Å². The van der Waals surface area contributed by atoms with Crippen molar-refractivity contribution in [1.29, 1.82) is 0 Å². The van der Waals surface area contributed by atoms with Gasteiger partial charge in [0.2, 0.25) is 0 Å². The number of aryl methyl sites for hydroxylation is 2. The molecule has 1 fully saturated rings. The van der Waals surface area contributed by atoms with Gasteiger partial charge in [0.15, 0.2) is 6.10 Å². The monoisotopic (exact) mass is 365 g/mol. The van der Waals surface area contributed by atoms with Crippen molar-refractivity contribution in [2.75, 3.05) is 13.1 Å². The summed E-state index contributed by atoms with van der Waals surface area (Å²) >= 11 is 0. The van der Waals surface area contributed by atoms with Crippen LogP contribution in [0.5, 0.6) is 5.75 Å². The number of amides is 1. The number of piperidine rings is 1. The number of ether oxygens (including phenoxy) is 1. The van der Waals surface area contributed by atoms with Gasteiger partial charge in [-0.25, -0.2) is 0 Å². The molecule has 1 aliphatic rings. The minimum absolute atomic E-state index is 0.103. The zero-order valence-electron chi connectivity index (χ0n) is 17.0. The van der Waals surface area contributed by atoms with E-state index in [9.17, 15) is 4.79 Å². The van der Waals surface area contributed by atoms with Crippen LogP contribution in [0.25, 0.3) is 0 Å². The van der Waals surface area contributed by atoms with Crippen LogP contribution < -0.4 is 4.74 Å². The summed E-state index contributed by atoms with van der Waals surface area (Å²) in [5.41, 5.74) is 4.87. The van der Waals surface area contributed by atoms with Gasteiger partial charge in [0, 0.05) is 13.1 Å². The minimum atomic E-state index is -0.449. The second-order valence-corrected chi connectivity index (χ2v) is 7.92. The predicted molar refractivity (Wildman–Crippen MR) is 110 cm³/mol. The van der Waals surface area contributed by atoms with E-state index in [1.54, 1.807) is 0 Å². The van der Waals surface area contributed by atoms with Crippen LogP contribution in [0.4, 0.5) is 0 Å². The Morgan fingerprint density at radius 2 is 1.78 bits per heavy atom. The maximum atomic E-state index is 12.8. The fraction of sp³-hybridized carbons (Fsp3) is 0.458. The smallest absolute Gasteiger partial charge is 0.263 e. The number of hydrogen-bond donors (Lipinski definition) is 0. The fourth-order valence-corrected chi connectivity index (χ4v) is 3.93. The van der Waals surface area contributed by atoms with E-state index in [-0.39, 0.29) is 5.91 Å². The van der Waals surface area contributed by atoms with E-state index in [4.69, 9.17) is 4.74 Å². The summed E-state index contributed by atoms with van der Waals surface area (Å²) in [5, 5.41) is 0. The van der Waals surface area contributed by atoms with Gasteiger partial charge < -0.3 is 9.64 Å². The Kier molecular flexibility index (Phi) is 6.20. The Balaban J connectivity index is 1.54. The first-order chi connectivity index (χ1) is 12.9. The van der Waals surface area contributed by atoms with Crippen LogP contribution in [0.1, 0.15) is 42.0 Å². The third-order valence-corrected chi connectivity index (χ3v) is 5.71. The average molecular weight is 366 g/mol. The first kappa shape index (κ1) is 19.5. The highest BCUT2D eigenvalue weighted by Crippen LogP contribution is 2.26. The molecule has 0 saturated carbocycles. The van der Waals surface area contributed by atoms with E-state index in [1.165, 1.54) is 11.1 Å². The summed E-state index contributed by atoms with van der Waals surface area (Å²) in [5.74, 6) is 1.59. The SMILES string of the molecule is Cc1cc(C)c(C)c(O[C@@H](C)C(=O)N2CCC(Cc3ccccc3)CC2)c1.